The lowest BCUT2D eigenvalue weighted by molar-refractivity contribution is 1.31. The third-order valence-corrected chi connectivity index (χ3v) is 9.30. The number of hydrogen-bond acceptors (Lipinski definition) is 4. The Balaban J connectivity index is 1.10. The number of fused-ring (bicyclic) bond motifs is 3. The SMILES string of the molecule is c1ccc(-c2cccc(-c3ccnc(-c4ccnc5c4ccc4c(-c6cc(-c7cccc(-c8ccccc8)c7)ccn6)ccnc45)c3)c2)cc1. The highest BCUT2D eigenvalue weighted by Gasteiger charge is 2.15. The van der Waals surface area contributed by atoms with Crippen LogP contribution in [-0.4, -0.2) is 19.9 Å². The van der Waals surface area contributed by atoms with Gasteiger partial charge in [-0.15, -0.1) is 0 Å². The van der Waals surface area contributed by atoms with Crippen LogP contribution in [0.5, 0.6) is 0 Å². The second kappa shape index (κ2) is 12.7. The van der Waals surface area contributed by atoms with Gasteiger partial charge >= 0.3 is 0 Å². The highest BCUT2D eigenvalue weighted by atomic mass is 14.7. The average Bonchev–Trinajstić information content (AvgIpc) is 3.21. The topological polar surface area (TPSA) is 51.6 Å². The highest BCUT2D eigenvalue weighted by molar-refractivity contribution is 6.11. The van der Waals surface area contributed by atoms with Crippen molar-refractivity contribution in [1.29, 1.82) is 0 Å². The molecule has 0 saturated carbocycles. The van der Waals surface area contributed by atoms with E-state index in [9.17, 15) is 0 Å². The first-order chi connectivity index (χ1) is 24.8. The summed E-state index contributed by atoms with van der Waals surface area (Å²) >= 11 is 0. The van der Waals surface area contributed by atoms with Crippen LogP contribution in [0.25, 0.3) is 88.8 Å². The molecule has 50 heavy (non-hydrogen) atoms. The molecule has 0 saturated heterocycles. The van der Waals surface area contributed by atoms with Crippen molar-refractivity contribution in [3.8, 4) is 67.0 Å². The third kappa shape index (κ3) is 5.49. The molecule has 4 aromatic heterocycles. The lowest BCUT2D eigenvalue weighted by atomic mass is 9.96. The molecule has 0 radical (unpaired) electrons. The van der Waals surface area contributed by atoms with Gasteiger partial charge in [0, 0.05) is 46.7 Å². The fourth-order valence-corrected chi connectivity index (χ4v) is 6.81. The summed E-state index contributed by atoms with van der Waals surface area (Å²) in [5.74, 6) is 0. The van der Waals surface area contributed by atoms with E-state index in [0.717, 1.165) is 66.6 Å². The Morgan fingerprint density at radius 2 is 0.620 bits per heavy atom. The summed E-state index contributed by atoms with van der Waals surface area (Å²) < 4.78 is 0. The van der Waals surface area contributed by atoms with Crippen molar-refractivity contribution in [2.24, 2.45) is 0 Å². The number of aromatic nitrogens is 4. The maximum atomic E-state index is 4.85. The van der Waals surface area contributed by atoms with E-state index in [1.54, 1.807) is 0 Å². The van der Waals surface area contributed by atoms with Crippen molar-refractivity contribution in [3.05, 3.63) is 183 Å². The van der Waals surface area contributed by atoms with Crippen molar-refractivity contribution >= 4 is 21.8 Å². The molecule has 5 aromatic carbocycles. The second-order valence-electron chi connectivity index (χ2n) is 12.3. The average molecular weight is 639 g/mol. The van der Waals surface area contributed by atoms with E-state index in [1.165, 1.54) is 22.3 Å². The van der Waals surface area contributed by atoms with Crippen LogP contribution in [0.15, 0.2) is 183 Å². The Morgan fingerprint density at radius 3 is 1.06 bits per heavy atom. The van der Waals surface area contributed by atoms with Gasteiger partial charge in [0.1, 0.15) is 0 Å². The van der Waals surface area contributed by atoms with E-state index in [1.807, 2.05) is 49.1 Å². The molecule has 0 bridgehead atoms. The molecule has 0 fully saturated rings. The first-order valence-corrected chi connectivity index (χ1v) is 16.7. The molecule has 9 rings (SSSR count). The lowest BCUT2D eigenvalue weighted by Crippen LogP contribution is -1.93. The predicted octanol–water partition coefficient (Wildman–Crippen LogP) is 11.6. The molecule has 9 aromatic rings. The molecule has 0 unspecified atom stereocenters. The van der Waals surface area contributed by atoms with E-state index >= 15 is 0 Å². The summed E-state index contributed by atoms with van der Waals surface area (Å²) in [6, 6.07) is 55.1. The van der Waals surface area contributed by atoms with Crippen LogP contribution in [0.3, 0.4) is 0 Å². The molecule has 0 amide bonds. The first kappa shape index (κ1) is 29.4. The van der Waals surface area contributed by atoms with E-state index in [-0.39, 0.29) is 0 Å². The quantitative estimate of drug-likeness (QED) is 0.170. The summed E-state index contributed by atoms with van der Waals surface area (Å²) in [5.41, 5.74) is 14.8. The molecule has 0 N–H and O–H groups in total. The Labute approximate surface area is 290 Å². The molecule has 234 valence electrons. The number of benzene rings is 5. The van der Waals surface area contributed by atoms with Crippen LogP contribution < -0.4 is 0 Å². The third-order valence-electron chi connectivity index (χ3n) is 9.30. The molecule has 0 aliphatic rings. The number of hydrogen-bond donors (Lipinski definition) is 0. The fraction of sp³-hybridized carbons (Fsp3) is 0. The van der Waals surface area contributed by atoms with Crippen LogP contribution in [-0.2, 0) is 0 Å². The van der Waals surface area contributed by atoms with Gasteiger partial charge in [0.05, 0.1) is 22.4 Å². The predicted molar refractivity (Wildman–Crippen MR) is 205 cm³/mol. The highest BCUT2D eigenvalue weighted by Crippen LogP contribution is 2.36. The van der Waals surface area contributed by atoms with Crippen LogP contribution in [0.2, 0.25) is 0 Å². The monoisotopic (exact) mass is 638 g/mol. The normalized spacial score (nSPS) is 11.2. The molecule has 4 nitrogen and oxygen atoms in total. The molecule has 0 atom stereocenters. The maximum absolute atomic E-state index is 4.85. The summed E-state index contributed by atoms with van der Waals surface area (Å²) in [6.07, 6.45) is 7.48. The molecule has 0 aliphatic carbocycles. The zero-order valence-corrected chi connectivity index (χ0v) is 27.1. The summed E-state index contributed by atoms with van der Waals surface area (Å²) in [6.45, 7) is 0. The minimum absolute atomic E-state index is 0.840. The van der Waals surface area contributed by atoms with Gasteiger partial charge in [-0.05, 0) is 93.0 Å². The van der Waals surface area contributed by atoms with Crippen molar-refractivity contribution in [2.45, 2.75) is 0 Å². The summed E-state index contributed by atoms with van der Waals surface area (Å²) in [5, 5.41) is 2.01. The van der Waals surface area contributed by atoms with Gasteiger partial charge in [0.15, 0.2) is 0 Å². The van der Waals surface area contributed by atoms with Gasteiger partial charge in [-0.25, -0.2) is 0 Å². The van der Waals surface area contributed by atoms with Crippen LogP contribution in [0.1, 0.15) is 0 Å². The number of rotatable bonds is 6. The first-order valence-electron chi connectivity index (χ1n) is 16.7. The van der Waals surface area contributed by atoms with Gasteiger partial charge in [-0.1, -0.05) is 109 Å². The van der Waals surface area contributed by atoms with Crippen LogP contribution in [0.4, 0.5) is 0 Å². The maximum Gasteiger partial charge on any atom is 0.0971 e. The molecule has 4 heterocycles. The van der Waals surface area contributed by atoms with Gasteiger partial charge in [0.2, 0.25) is 0 Å². The zero-order chi connectivity index (χ0) is 33.3. The summed E-state index contributed by atoms with van der Waals surface area (Å²) in [4.78, 5) is 19.3. The minimum Gasteiger partial charge on any atom is -0.256 e. The van der Waals surface area contributed by atoms with Crippen LogP contribution in [0, 0.1) is 0 Å². The smallest absolute Gasteiger partial charge is 0.0971 e. The fourth-order valence-electron chi connectivity index (χ4n) is 6.81. The number of pyridine rings is 4. The van der Waals surface area contributed by atoms with Crippen molar-refractivity contribution in [2.75, 3.05) is 0 Å². The van der Waals surface area contributed by atoms with Gasteiger partial charge in [-0.3, -0.25) is 19.9 Å². The molecular formula is C46H30N4. The van der Waals surface area contributed by atoms with Crippen molar-refractivity contribution in [3.63, 3.8) is 0 Å². The largest absolute Gasteiger partial charge is 0.256 e. The van der Waals surface area contributed by atoms with Crippen LogP contribution >= 0.6 is 0 Å². The molecule has 0 spiro atoms. The molecule has 0 aliphatic heterocycles. The minimum atomic E-state index is 0.840. The zero-order valence-electron chi connectivity index (χ0n) is 27.1. The lowest BCUT2D eigenvalue weighted by Gasteiger charge is -2.12. The van der Waals surface area contributed by atoms with Crippen molar-refractivity contribution < 1.29 is 0 Å². The van der Waals surface area contributed by atoms with E-state index in [4.69, 9.17) is 19.9 Å². The molecular weight excluding hydrogens is 609 g/mol. The van der Waals surface area contributed by atoms with Gasteiger partial charge < -0.3 is 0 Å². The second-order valence-corrected chi connectivity index (χ2v) is 12.3. The van der Waals surface area contributed by atoms with E-state index in [0.29, 0.717) is 0 Å². The van der Waals surface area contributed by atoms with Gasteiger partial charge in [0.25, 0.3) is 0 Å². The molecule has 4 heteroatoms. The Bertz CT molecular complexity index is 2460. The van der Waals surface area contributed by atoms with E-state index < -0.39 is 0 Å². The Hall–Kier alpha value is -6.78. The van der Waals surface area contributed by atoms with E-state index in [2.05, 4.69) is 133 Å². The van der Waals surface area contributed by atoms with Crippen molar-refractivity contribution in [1.82, 2.24) is 19.9 Å². The number of nitrogens with zero attached hydrogens (tertiary/aromatic N) is 4. The van der Waals surface area contributed by atoms with Gasteiger partial charge in [-0.2, -0.15) is 0 Å². The summed E-state index contributed by atoms with van der Waals surface area (Å²) in [7, 11) is 0. The Kier molecular flexibility index (Phi) is 7.45. The Morgan fingerprint density at radius 1 is 0.260 bits per heavy atom. The standard InChI is InChI=1S/C46H30N4/c1-3-9-31(10-4-1)33-13-7-15-35(27-33)37-19-23-47-43(29-37)39-21-25-49-45-41(39)17-18-42-40(22-26-50-46(42)45)44-30-38(20-24-48-44)36-16-8-14-34(28-36)32-11-5-2-6-12-32/h1-30H.